The molecule has 0 radical (unpaired) electrons. The molecule has 0 bridgehead atoms. The first-order chi connectivity index (χ1) is 8.27. The molecule has 0 aromatic carbocycles. The van der Waals surface area contributed by atoms with Crippen molar-refractivity contribution in [2.45, 2.75) is 19.4 Å². The number of halogens is 2. The summed E-state index contributed by atoms with van der Waals surface area (Å²) >= 11 is 0. The molecule has 5 nitrogen and oxygen atoms in total. The molecule has 19 heavy (non-hydrogen) atoms. The minimum absolute atomic E-state index is 0. The molecule has 0 aliphatic carbocycles. The van der Waals surface area contributed by atoms with E-state index < -0.39 is 0 Å². The van der Waals surface area contributed by atoms with Gasteiger partial charge in [0, 0.05) is 32.5 Å². The molecule has 0 saturated carbocycles. The topological polar surface area (TPSA) is 50.2 Å². The van der Waals surface area contributed by atoms with Crippen LogP contribution in [0, 0.1) is 5.92 Å². The Morgan fingerprint density at radius 2 is 2.32 bits per heavy atom. The predicted octanol–water partition coefficient (Wildman–Crippen LogP) is 1.18. The summed E-state index contributed by atoms with van der Waals surface area (Å²) in [5.41, 5.74) is 0. The largest absolute Gasteiger partial charge is 0.344 e. The van der Waals surface area contributed by atoms with E-state index in [0.717, 1.165) is 39.0 Å². The van der Waals surface area contributed by atoms with E-state index in [-0.39, 0.29) is 36.6 Å². The van der Waals surface area contributed by atoms with Crippen LogP contribution in [0.3, 0.4) is 0 Å². The van der Waals surface area contributed by atoms with Gasteiger partial charge in [-0.3, -0.25) is 9.48 Å². The summed E-state index contributed by atoms with van der Waals surface area (Å²) in [7, 11) is 1.88. The first-order valence-electron chi connectivity index (χ1n) is 6.20. The molecule has 110 valence electrons. The number of carbonyl (C=O) groups is 1. The number of hydrogen-bond donors (Lipinski definition) is 1. The Morgan fingerprint density at radius 3 is 2.89 bits per heavy atom. The van der Waals surface area contributed by atoms with Crippen LogP contribution in [0.1, 0.15) is 12.8 Å². The monoisotopic (exact) mass is 308 g/mol. The molecule has 1 saturated heterocycles. The van der Waals surface area contributed by atoms with Gasteiger partial charge in [0.05, 0.1) is 12.5 Å². The summed E-state index contributed by atoms with van der Waals surface area (Å²) in [5, 5.41) is 7.40. The average Bonchev–Trinajstić information content (AvgIpc) is 2.89. The quantitative estimate of drug-likeness (QED) is 0.909. The summed E-state index contributed by atoms with van der Waals surface area (Å²) in [6, 6.07) is 1.90. The number of amides is 1. The lowest BCUT2D eigenvalue weighted by atomic mass is 9.98. The highest BCUT2D eigenvalue weighted by atomic mass is 35.5. The smallest absolute Gasteiger partial charge is 0.226 e. The zero-order valence-corrected chi connectivity index (χ0v) is 12.8. The molecule has 1 atom stereocenters. The van der Waals surface area contributed by atoms with Crippen molar-refractivity contribution >= 4 is 30.7 Å². The van der Waals surface area contributed by atoms with Crippen LogP contribution in [0.25, 0.3) is 0 Å². The van der Waals surface area contributed by atoms with Gasteiger partial charge in [-0.1, -0.05) is 0 Å². The third-order valence-corrected chi connectivity index (χ3v) is 3.25. The van der Waals surface area contributed by atoms with Gasteiger partial charge in [-0.15, -0.1) is 24.8 Å². The van der Waals surface area contributed by atoms with Gasteiger partial charge in [0.1, 0.15) is 0 Å². The van der Waals surface area contributed by atoms with E-state index in [1.807, 2.05) is 28.9 Å². The molecule has 1 N–H and O–H groups in total. The van der Waals surface area contributed by atoms with Crippen LogP contribution in [0.15, 0.2) is 18.5 Å². The molecule has 2 rings (SSSR count). The zero-order chi connectivity index (χ0) is 12.1. The van der Waals surface area contributed by atoms with Gasteiger partial charge in [0.15, 0.2) is 0 Å². The van der Waals surface area contributed by atoms with Crippen LogP contribution in [-0.2, 0) is 11.3 Å². The fraction of sp³-hybridized carbons (Fsp3) is 0.667. The van der Waals surface area contributed by atoms with Crippen molar-refractivity contribution in [3.63, 3.8) is 0 Å². The summed E-state index contributed by atoms with van der Waals surface area (Å²) in [6.45, 7) is 3.35. The Kier molecular flexibility index (Phi) is 8.80. The lowest BCUT2D eigenvalue weighted by molar-refractivity contribution is -0.134. The molecule has 1 aliphatic rings. The van der Waals surface area contributed by atoms with Crippen molar-refractivity contribution < 1.29 is 4.79 Å². The van der Waals surface area contributed by atoms with Crippen molar-refractivity contribution in [3.05, 3.63) is 18.5 Å². The molecule has 1 aromatic heterocycles. The number of hydrogen-bond acceptors (Lipinski definition) is 3. The molecule has 1 amide bonds. The second-order valence-electron chi connectivity index (χ2n) is 4.57. The zero-order valence-electron chi connectivity index (χ0n) is 11.1. The number of piperidine rings is 1. The summed E-state index contributed by atoms with van der Waals surface area (Å²) in [5.74, 6) is 0.413. The summed E-state index contributed by atoms with van der Waals surface area (Å²) < 4.78 is 1.85. The molecule has 0 spiro atoms. The van der Waals surface area contributed by atoms with Gasteiger partial charge >= 0.3 is 0 Å². The van der Waals surface area contributed by atoms with E-state index in [1.54, 1.807) is 6.20 Å². The number of nitrogens with zero attached hydrogens (tertiary/aromatic N) is 3. The second kappa shape index (κ2) is 9.18. The fourth-order valence-corrected chi connectivity index (χ4v) is 2.17. The maximum absolute atomic E-state index is 12.1. The van der Waals surface area contributed by atoms with Crippen molar-refractivity contribution in [2.75, 3.05) is 26.7 Å². The van der Waals surface area contributed by atoms with Gasteiger partial charge in [0.2, 0.25) is 5.91 Å². The van der Waals surface area contributed by atoms with Crippen molar-refractivity contribution in [1.82, 2.24) is 20.0 Å². The summed E-state index contributed by atoms with van der Waals surface area (Å²) in [4.78, 5) is 13.9. The number of aromatic nitrogens is 2. The van der Waals surface area contributed by atoms with E-state index in [9.17, 15) is 4.79 Å². The lowest BCUT2D eigenvalue weighted by Gasteiger charge is -2.27. The van der Waals surface area contributed by atoms with Crippen molar-refractivity contribution in [3.8, 4) is 0 Å². The van der Waals surface area contributed by atoms with E-state index in [2.05, 4.69) is 10.4 Å². The van der Waals surface area contributed by atoms with Gasteiger partial charge in [-0.05, 0) is 25.5 Å². The third-order valence-electron chi connectivity index (χ3n) is 3.25. The highest BCUT2D eigenvalue weighted by Crippen LogP contribution is 2.12. The first kappa shape index (κ1) is 18.2. The van der Waals surface area contributed by atoms with Crippen LogP contribution >= 0.6 is 24.8 Å². The lowest BCUT2D eigenvalue weighted by Crippen LogP contribution is -2.42. The first-order valence-corrected chi connectivity index (χ1v) is 6.20. The van der Waals surface area contributed by atoms with Crippen molar-refractivity contribution in [1.29, 1.82) is 0 Å². The third kappa shape index (κ3) is 5.38. The number of rotatable bonds is 4. The van der Waals surface area contributed by atoms with Gasteiger partial charge in [0.25, 0.3) is 0 Å². The number of carbonyl (C=O) groups excluding carboxylic acids is 1. The molecule has 1 aliphatic heterocycles. The Balaban J connectivity index is 0.00000162. The SMILES string of the molecule is CN(CCn1cccn1)C(=O)C1CCCNC1.Cl.Cl. The van der Waals surface area contributed by atoms with Crippen LogP contribution in [0.4, 0.5) is 0 Å². The van der Waals surface area contributed by atoms with E-state index in [0.29, 0.717) is 0 Å². The van der Waals surface area contributed by atoms with Crippen LogP contribution in [-0.4, -0.2) is 47.3 Å². The van der Waals surface area contributed by atoms with Gasteiger partial charge in [-0.2, -0.15) is 5.10 Å². The van der Waals surface area contributed by atoms with Crippen molar-refractivity contribution in [2.24, 2.45) is 5.92 Å². The standard InChI is InChI=1S/C12H20N4O.2ClH/c1-15(8-9-16-7-3-6-14-16)12(17)11-4-2-5-13-10-11;;/h3,6-7,11,13H,2,4-5,8-10H2,1H3;2*1H. The second-order valence-corrected chi connectivity index (χ2v) is 4.57. The molecular weight excluding hydrogens is 287 g/mol. The predicted molar refractivity (Wildman–Crippen MR) is 80.0 cm³/mol. The van der Waals surface area contributed by atoms with Gasteiger partial charge in [-0.25, -0.2) is 0 Å². The summed E-state index contributed by atoms with van der Waals surface area (Å²) in [6.07, 6.45) is 5.79. The minimum Gasteiger partial charge on any atom is -0.344 e. The fourth-order valence-electron chi connectivity index (χ4n) is 2.17. The Bertz CT molecular complexity index is 353. The van der Waals surface area contributed by atoms with Crippen LogP contribution in [0.5, 0.6) is 0 Å². The van der Waals surface area contributed by atoms with Crippen LogP contribution < -0.4 is 5.32 Å². The minimum atomic E-state index is 0. The molecule has 1 unspecified atom stereocenters. The number of nitrogens with one attached hydrogen (secondary N) is 1. The highest BCUT2D eigenvalue weighted by Gasteiger charge is 2.23. The maximum atomic E-state index is 12.1. The molecular formula is C12H22Cl2N4O. The molecule has 2 heterocycles. The van der Waals surface area contributed by atoms with E-state index in [4.69, 9.17) is 0 Å². The Labute approximate surface area is 126 Å². The molecule has 1 aromatic rings. The normalized spacial score (nSPS) is 18.1. The highest BCUT2D eigenvalue weighted by molar-refractivity contribution is 5.85. The van der Waals surface area contributed by atoms with Crippen LogP contribution in [0.2, 0.25) is 0 Å². The Morgan fingerprint density at radius 1 is 1.53 bits per heavy atom. The molecule has 7 heteroatoms. The Hall–Kier alpha value is -0.780. The maximum Gasteiger partial charge on any atom is 0.226 e. The van der Waals surface area contributed by atoms with E-state index in [1.165, 1.54) is 0 Å². The number of likely N-dealkylation sites (N-methyl/N-ethyl adjacent to an activating group) is 1. The van der Waals surface area contributed by atoms with Gasteiger partial charge < -0.3 is 10.2 Å². The average molecular weight is 309 g/mol. The molecule has 1 fully saturated rings. The van der Waals surface area contributed by atoms with E-state index >= 15 is 0 Å².